The molecular weight excluding hydrogens is 190 g/mol. The molecule has 2 fully saturated rings. The van der Waals surface area contributed by atoms with E-state index in [-0.39, 0.29) is 5.97 Å². The molecule has 15 heavy (non-hydrogen) atoms. The highest BCUT2D eigenvalue weighted by Gasteiger charge is 2.34. The average Bonchev–Trinajstić information content (AvgIpc) is 2.86. The summed E-state index contributed by atoms with van der Waals surface area (Å²) in [4.78, 5) is 13.6. The summed E-state index contributed by atoms with van der Waals surface area (Å²) in [7, 11) is 1.48. The van der Waals surface area contributed by atoms with Gasteiger partial charge in [0.25, 0.3) is 0 Å². The molecule has 2 aliphatic rings. The first-order chi connectivity index (χ1) is 7.31. The summed E-state index contributed by atoms with van der Waals surface area (Å²) in [6.07, 6.45) is 8.02. The average molecular weight is 211 g/mol. The quantitative estimate of drug-likeness (QED) is 0.667. The van der Waals surface area contributed by atoms with Gasteiger partial charge in [-0.2, -0.15) is 0 Å². The van der Waals surface area contributed by atoms with Gasteiger partial charge in [-0.3, -0.25) is 9.69 Å². The second-order valence-electron chi connectivity index (χ2n) is 4.80. The Bertz CT molecular complexity index is 224. The Balaban J connectivity index is 1.89. The predicted molar refractivity (Wildman–Crippen MR) is 58.6 cm³/mol. The Morgan fingerprint density at radius 1 is 1.27 bits per heavy atom. The molecule has 3 nitrogen and oxygen atoms in total. The van der Waals surface area contributed by atoms with E-state index < -0.39 is 0 Å². The van der Waals surface area contributed by atoms with Crippen LogP contribution >= 0.6 is 0 Å². The molecule has 1 aliphatic carbocycles. The van der Waals surface area contributed by atoms with E-state index in [0.717, 1.165) is 12.5 Å². The molecule has 0 aromatic carbocycles. The molecule has 1 heterocycles. The zero-order valence-corrected chi connectivity index (χ0v) is 9.58. The number of carbonyl (C=O) groups is 1. The summed E-state index contributed by atoms with van der Waals surface area (Å²) in [6.45, 7) is 1.58. The van der Waals surface area contributed by atoms with E-state index in [0.29, 0.717) is 12.6 Å². The van der Waals surface area contributed by atoms with Gasteiger partial charge in [0, 0.05) is 6.04 Å². The summed E-state index contributed by atoms with van der Waals surface area (Å²) < 4.78 is 4.74. The molecule has 1 saturated heterocycles. The van der Waals surface area contributed by atoms with Gasteiger partial charge in [-0.25, -0.2) is 0 Å². The van der Waals surface area contributed by atoms with Crippen LogP contribution < -0.4 is 0 Å². The van der Waals surface area contributed by atoms with Crippen LogP contribution in [-0.4, -0.2) is 37.1 Å². The normalized spacial score (nSPS) is 28.5. The number of hydrogen-bond acceptors (Lipinski definition) is 3. The fourth-order valence-corrected chi connectivity index (χ4v) is 3.15. The van der Waals surface area contributed by atoms with Gasteiger partial charge in [0.05, 0.1) is 13.7 Å². The van der Waals surface area contributed by atoms with Crippen molar-refractivity contribution in [2.45, 2.75) is 44.6 Å². The van der Waals surface area contributed by atoms with Gasteiger partial charge in [0.2, 0.25) is 0 Å². The molecule has 0 aromatic heterocycles. The van der Waals surface area contributed by atoms with Crippen LogP contribution in [0.25, 0.3) is 0 Å². The van der Waals surface area contributed by atoms with E-state index in [2.05, 4.69) is 4.90 Å². The van der Waals surface area contributed by atoms with Crippen LogP contribution in [0.5, 0.6) is 0 Å². The van der Waals surface area contributed by atoms with E-state index in [9.17, 15) is 4.79 Å². The van der Waals surface area contributed by atoms with Gasteiger partial charge in [-0.1, -0.05) is 12.8 Å². The highest BCUT2D eigenvalue weighted by atomic mass is 16.5. The van der Waals surface area contributed by atoms with Gasteiger partial charge in [0.1, 0.15) is 0 Å². The topological polar surface area (TPSA) is 29.5 Å². The standard InChI is InChI=1S/C12H21NO2/c1-15-12(14)9-13-8-4-7-11(13)10-5-2-3-6-10/h10-11H,2-9H2,1H3. The van der Waals surface area contributed by atoms with Crippen LogP contribution in [0.4, 0.5) is 0 Å². The lowest BCUT2D eigenvalue weighted by molar-refractivity contribution is -0.142. The number of hydrogen-bond donors (Lipinski definition) is 0. The fourth-order valence-electron chi connectivity index (χ4n) is 3.15. The van der Waals surface area contributed by atoms with Crippen LogP contribution in [0.3, 0.4) is 0 Å². The molecule has 86 valence electrons. The van der Waals surface area contributed by atoms with Crippen LogP contribution in [0.1, 0.15) is 38.5 Å². The lowest BCUT2D eigenvalue weighted by Gasteiger charge is -2.28. The van der Waals surface area contributed by atoms with Crippen molar-refractivity contribution in [2.24, 2.45) is 5.92 Å². The molecule has 0 aromatic rings. The smallest absolute Gasteiger partial charge is 0.319 e. The Morgan fingerprint density at radius 2 is 2.00 bits per heavy atom. The van der Waals surface area contributed by atoms with Crippen molar-refractivity contribution in [3.8, 4) is 0 Å². The van der Waals surface area contributed by atoms with Crippen LogP contribution in [0.2, 0.25) is 0 Å². The van der Waals surface area contributed by atoms with E-state index in [4.69, 9.17) is 4.74 Å². The molecule has 2 rings (SSSR count). The highest BCUT2D eigenvalue weighted by molar-refractivity contribution is 5.71. The number of methoxy groups -OCH3 is 1. The van der Waals surface area contributed by atoms with Crippen molar-refractivity contribution >= 4 is 5.97 Å². The zero-order chi connectivity index (χ0) is 10.7. The molecule has 1 unspecified atom stereocenters. The van der Waals surface area contributed by atoms with Gasteiger partial charge < -0.3 is 4.74 Å². The second kappa shape index (κ2) is 4.97. The van der Waals surface area contributed by atoms with Crippen molar-refractivity contribution in [2.75, 3.05) is 20.2 Å². The first kappa shape index (κ1) is 10.9. The van der Waals surface area contributed by atoms with Crippen LogP contribution in [0.15, 0.2) is 0 Å². The molecule has 1 atom stereocenters. The maximum absolute atomic E-state index is 11.3. The third kappa shape index (κ3) is 2.51. The minimum atomic E-state index is -0.0834. The predicted octanol–water partition coefficient (Wildman–Crippen LogP) is 1.81. The van der Waals surface area contributed by atoms with Gasteiger partial charge >= 0.3 is 5.97 Å². The Kier molecular flexibility index (Phi) is 3.62. The zero-order valence-electron chi connectivity index (χ0n) is 9.58. The molecular formula is C12H21NO2. The molecule has 0 amide bonds. The molecule has 0 bridgehead atoms. The summed E-state index contributed by atoms with van der Waals surface area (Å²) in [5.41, 5.74) is 0. The number of ether oxygens (including phenoxy) is 1. The van der Waals surface area contributed by atoms with E-state index in [1.807, 2.05) is 0 Å². The minimum absolute atomic E-state index is 0.0834. The third-order valence-electron chi connectivity index (χ3n) is 3.92. The van der Waals surface area contributed by atoms with E-state index in [1.165, 1.54) is 45.6 Å². The summed E-state index contributed by atoms with van der Waals surface area (Å²) in [5, 5.41) is 0. The first-order valence-corrected chi connectivity index (χ1v) is 6.12. The number of nitrogens with zero attached hydrogens (tertiary/aromatic N) is 1. The number of likely N-dealkylation sites (tertiary alicyclic amines) is 1. The van der Waals surface area contributed by atoms with Crippen LogP contribution in [0, 0.1) is 5.92 Å². The minimum Gasteiger partial charge on any atom is -0.468 e. The lowest BCUT2D eigenvalue weighted by atomic mass is 9.96. The molecule has 0 radical (unpaired) electrons. The van der Waals surface area contributed by atoms with Gasteiger partial charge in [0.15, 0.2) is 0 Å². The highest BCUT2D eigenvalue weighted by Crippen LogP contribution is 2.35. The van der Waals surface area contributed by atoms with Gasteiger partial charge in [-0.15, -0.1) is 0 Å². The first-order valence-electron chi connectivity index (χ1n) is 6.12. The molecule has 0 spiro atoms. The maximum Gasteiger partial charge on any atom is 0.319 e. The summed E-state index contributed by atoms with van der Waals surface area (Å²) >= 11 is 0. The van der Waals surface area contributed by atoms with E-state index in [1.54, 1.807) is 0 Å². The maximum atomic E-state index is 11.3. The Labute approximate surface area is 91.8 Å². The summed E-state index contributed by atoms with van der Waals surface area (Å²) in [5.74, 6) is 0.761. The van der Waals surface area contributed by atoms with Crippen molar-refractivity contribution in [3.63, 3.8) is 0 Å². The largest absolute Gasteiger partial charge is 0.468 e. The third-order valence-corrected chi connectivity index (χ3v) is 3.92. The van der Waals surface area contributed by atoms with E-state index >= 15 is 0 Å². The second-order valence-corrected chi connectivity index (χ2v) is 4.80. The molecule has 3 heteroatoms. The van der Waals surface area contributed by atoms with Crippen molar-refractivity contribution in [1.82, 2.24) is 4.90 Å². The van der Waals surface area contributed by atoms with Crippen LogP contribution in [-0.2, 0) is 9.53 Å². The number of carbonyl (C=O) groups excluding carboxylic acids is 1. The molecule has 0 N–H and O–H groups in total. The molecule has 1 aliphatic heterocycles. The number of esters is 1. The monoisotopic (exact) mass is 211 g/mol. The van der Waals surface area contributed by atoms with Crippen molar-refractivity contribution in [1.29, 1.82) is 0 Å². The van der Waals surface area contributed by atoms with Crippen molar-refractivity contribution < 1.29 is 9.53 Å². The van der Waals surface area contributed by atoms with Gasteiger partial charge in [-0.05, 0) is 38.1 Å². The lowest BCUT2D eigenvalue weighted by Crippen LogP contribution is -2.38. The SMILES string of the molecule is COC(=O)CN1CCCC1C1CCCC1. The summed E-state index contributed by atoms with van der Waals surface area (Å²) in [6, 6.07) is 0.659. The fraction of sp³-hybridized carbons (Fsp3) is 0.917. The Hall–Kier alpha value is -0.570. The molecule has 1 saturated carbocycles. The van der Waals surface area contributed by atoms with Crippen molar-refractivity contribution in [3.05, 3.63) is 0 Å². The Morgan fingerprint density at radius 3 is 2.67 bits per heavy atom. The number of rotatable bonds is 3.